The molecule has 0 spiro atoms. The molecule has 0 aliphatic heterocycles. The summed E-state index contributed by atoms with van der Waals surface area (Å²) in [5.74, 6) is 0.246. The van der Waals surface area contributed by atoms with Crippen LogP contribution in [0.3, 0.4) is 0 Å². The second-order valence-corrected chi connectivity index (χ2v) is 5.66. The van der Waals surface area contributed by atoms with Gasteiger partial charge >= 0.3 is 0 Å². The minimum absolute atomic E-state index is 0.246. The number of hydrogen-bond donors (Lipinski definition) is 2. The summed E-state index contributed by atoms with van der Waals surface area (Å²) in [5, 5.41) is 11.3. The molecule has 5 heteroatoms. The van der Waals surface area contributed by atoms with Gasteiger partial charge in [0, 0.05) is 10.6 Å². The molecule has 2 atom stereocenters. The zero-order valence-electron chi connectivity index (χ0n) is 9.17. The van der Waals surface area contributed by atoms with E-state index in [1.807, 2.05) is 0 Å². The van der Waals surface area contributed by atoms with Gasteiger partial charge in [-0.25, -0.2) is 0 Å². The zero-order chi connectivity index (χ0) is 12.6. The number of aliphatic hydroxyl groups excluding tert-OH is 1. The first-order valence-corrected chi connectivity index (χ1v) is 6.72. The lowest BCUT2D eigenvalue weighted by atomic mass is 9.77. The Morgan fingerprint density at radius 2 is 1.76 bits per heavy atom. The van der Waals surface area contributed by atoms with Crippen molar-refractivity contribution in [2.75, 3.05) is 0 Å². The first-order chi connectivity index (χ1) is 8.02. The van der Waals surface area contributed by atoms with Gasteiger partial charge in [0.25, 0.3) is 0 Å². The van der Waals surface area contributed by atoms with Crippen molar-refractivity contribution in [1.82, 2.24) is 0 Å². The van der Waals surface area contributed by atoms with Gasteiger partial charge in [-0.05, 0) is 30.9 Å². The van der Waals surface area contributed by atoms with Crippen LogP contribution in [0, 0.1) is 5.92 Å². The zero-order valence-corrected chi connectivity index (χ0v) is 11.4. The standard InChI is InChI=1S/C12H14Cl3NO/c13-7-4-5-8(14)10(15)9(7)11(16)12(17)6-2-1-3-6/h4-6,11-12,17H,1-3,16H2/t11-,12+/m1/s1. The highest BCUT2D eigenvalue weighted by molar-refractivity contribution is 6.44. The molecule has 17 heavy (non-hydrogen) atoms. The van der Waals surface area contributed by atoms with E-state index in [1.165, 1.54) is 0 Å². The number of halogens is 3. The molecule has 0 radical (unpaired) electrons. The second kappa shape index (κ2) is 5.33. The number of hydrogen-bond acceptors (Lipinski definition) is 2. The number of benzene rings is 1. The van der Waals surface area contributed by atoms with Gasteiger partial charge in [0.05, 0.1) is 22.2 Å². The predicted octanol–water partition coefficient (Wildman–Crippen LogP) is 3.81. The molecule has 0 amide bonds. The van der Waals surface area contributed by atoms with Crippen molar-refractivity contribution in [2.45, 2.75) is 31.4 Å². The summed E-state index contributed by atoms with van der Waals surface area (Å²) in [5.41, 5.74) is 6.58. The molecule has 0 unspecified atom stereocenters. The van der Waals surface area contributed by atoms with Crippen molar-refractivity contribution in [3.05, 3.63) is 32.8 Å². The van der Waals surface area contributed by atoms with E-state index in [1.54, 1.807) is 12.1 Å². The van der Waals surface area contributed by atoms with E-state index in [0.717, 1.165) is 19.3 Å². The molecule has 1 aromatic carbocycles. The highest BCUT2D eigenvalue weighted by atomic mass is 35.5. The van der Waals surface area contributed by atoms with Crippen molar-refractivity contribution in [3.8, 4) is 0 Å². The molecule has 3 N–H and O–H groups in total. The molecule has 2 nitrogen and oxygen atoms in total. The van der Waals surface area contributed by atoms with E-state index in [2.05, 4.69) is 0 Å². The van der Waals surface area contributed by atoms with Crippen LogP contribution < -0.4 is 5.73 Å². The van der Waals surface area contributed by atoms with Gasteiger partial charge in [0.1, 0.15) is 0 Å². The number of rotatable bonds is 3. The lowest BCUT2D eigenvalue weighted by Crippen LogP contribution is -2.36. The van der Waals surface area contributed by atoms with Crippen LogP contribution in [0.1, 0.15) is 30.9 Å². The van der Waals surface area contributed by atoms with Crippen LogP contribution in [0.4, 0.5) is 0 Å². The quantitative estimate of drug-likeness (QED) is 0.833. The van der Waals surface area contributed by atoms with Gasteiger partial charge in [-0.2, -0.15) is 0 Å². The molecule has 1 saturated carbocycles. The number of nitrogens with two attached hydrogens (primary N) is 1. The molecule has 1 aromatic rings. The van der Waals surface area contributed by atoms with Gasteiger partial charge in [0.15, 0.2) is 0 Å². The summed E-state index contributed by atoms with van der Waals surface area (Å²) in [6, 6.07) is 2.69. The molecule has 94 valence electrons. The third-order valence-corrected chi connectivity index (χ3v) is 4.56. The summed E-state index contributed by atoms with van der Waals surface area (Å²) in [6.07, 6.45) is 2.54. The van der Waals surface area contributed by atoms with Gasteiger partial charge in [-0.15, -0.1) is 0 Å². The van der Waals surface area contributed by atoms with E-state index < -0.39 is 12.1 Å². The lowest BCUT2D eigenvalue weighted by molar-refractivity contribution is 0.0414. The maximum Gasteiger partial charge on any atom is 0.0761 e. The SMILES string of the molecule is N[C@H](c1c(Cl)ccc(Cl)c1Cl)[C@@H](O)C1CCC1. The summed E-state index contributed by atoms with van der Waals surface area (Å²) in [7, 11) is 0. The minimum atomic E-state index is -0.614. The van der Waals surface area contributed by atoms with Gasteiger partial charge < -0.3 is 10.8 Å². The van der Waals surface area contributed by atoms with E-state index >= 15 is 0 Å². The Morgan fingerprint density at radius 3 is 2.29 bits per heavy atom. The van der Waals surface area contributed by atoms with Crippen LogP contribution in [0.15, 0.2) is 12.1 Å². The van der Waals surface area contributed by atoms with Gasteiger partial charge in [0.2, 0.25) is 0 Å². The summed E-state index contributed by atoms with van der Waals surface area (Å²) in [6.45, 7) is 0. The minimum Gasteiger partial charge on any atom is -0.391 e. The molecule has 0 bridgehead atoms. The van der Waals surface area contributed by atoms with Crippen molar-refractivity contribution in [2.24, 2.45) is 11.7 Å². The fraction of sp³-hybridized carbons (Fsp3) is 0.500. The smallest absolute Gasteiger partial charge is 0.0761 e. The van der Waals surface area contributed by atoms with Crippen LogP contribution in [0.5, 0.6) is 0 Å². The first kappa shape index (κ1) is 13.4. The molecule has 2 rings (SSSR count). The van der Waals surface area contributed by atoms with Crippen molar-refractivity contribution < 1.29 is 5.11 Å². The molecular formula is C12H14Cl3NO. The Hall–Kier alpha value is 0.01000. The average Bonchev–Trinajstić information content (AvgIpc) is 2.21. The molecular weight excluding hydrogens is 280 g/mol. The monoisotopic (exact) mass is 293 g/mol. The maximum atomic E-state index is 10.1. The van der Waals surface area contributed by atoms with E-state index in [0.29, 0.717) is 20.6 Å². The van der Waals surface area contributed by atoms with Crippen LogP contribution in [-0.4, -0.2) is 11.2 Å². The third kappa shape index (κ3) is 2.56. The summed E-state index contributed by atoms with van der Waals surface area (Å²) in [4.78, 5) is 0. The summed E-state index contributed by atoms with van der Waals surface area (Å²) < 4.78 is 0. The Labute approximate surface area is 116 Å². The fourth-order valence-corrected chi connectivity index (χ4v) is 2.88. The second-order valence-electron chi connectivity index (χ2n) is 4.46. The van der Waals surface area contributed by atoms with E-state index in [-0.39, 0.29) is 5.92 Å². The van der Waals surface area contributed by atoms with Crippen LogP contribution in [-0.2, 0) is 0 Å². The Bertz CT molecular complexity index is 420. The molecule has 1 aliphatic carbocycles. The van der Waals surface area contributed by atoms with Crippen molar-refractivity contribution in [1.29, 1.82) is 0 Å². The van der Waals surface area contributed by atoms with Crippen LogP contribution in [0.25, 0.3) is 0 Å². The summed E-state index contributed by atoms with van der Waals surface area (Å²) >= 11 is 18.1. The Kier molecular flexibility index (Phi) is 4.22. The van der Waals surface area contributed by atoms with E-state index in [9.17, 15) is 5.11 Å². The predicted molar refractivity (Wildman–Crippen MR) is 71.7 cm³/mol. The average molecular weight is 295 g/mol. The Balaban J connectivity index is 2.29. The third-order valence-electron chi connectivity index (χ3n) is 3.41. The highest BCUT2D eigenvalue weighted by Crippen LogP contribution is 2.40. The van der Waals surface area contributed by atoms with Gasteiger partial charge in [-0.3, -0.25) is 0 Å². The molecule has 0 saturated heterocycles. The normalized spacial score (nSPS) is 19.8. The maximum absolute atomic E-state index is 10.1. The molecule has 0 heterocycles. The molecule has 0 aromatic heterocycles. The first-order valence-electron chi connectivity index (χ1n) is 5.59. The van der Waals surface area contributed by atoms with Crippen molar-refractivity contribution >= 4 is 34.8 Å². The van der Waals surface area contributed by atoms with Crippen LogP contribution in [0.2, 0.25) is 15.1 Å². The topological polar surface area (TPSA) is 46.2 Å². The Morgan fingerprint density at radius 1 is 1.18 bits per heavy atom. The molecule has 1 fully saturated rings. The highest BCUT2D eigenvalue weighted by Gasteiger charge is 2.32. The van der Waals surface area contributed by atoms with E-state index in [4.69, 9.17) is 40.5 Å². The fourth-order valence-electron chi connectivity index (χ4n) is 2.09. The van der Waals surface area contributed by atoms with Crippen molar-refractivity contribution in [3.63, 3.8) is 0 Å². The van der Waals surface area contributed by atoms with Crippen LogP contribution >= 0.6 is 34.8 Å². The molecule has 1 aliphatic rings. The number of aliphatic hydroxyl groups is 1. The largest absolute Gasteiger partial charge is 0.391 e. The lowest BCUT2D eigenvalue weighted by Gasteiger charge is -2.34. The van der Waals surface area contributed by atoms with Gasteiger partial charge in [-0.1, -0.05) is 41.2 Å².